The van der Waals surface area contributed by atoms with Crippen LogP contribution < -0.4 is 15.1 Å². The number of rotatable bonds is 4. The van der Waals surface area contributed by atoms with Crippen LogP contribution in [0.1, 0.15) is 34.3 Å². The van der Waals surface area contributed by atoms with Crippen LogP contribution in [-0.4, -0.2) is 46.1 Å². The molecule has 4 rings (SSSR count). The molecule has 2 aromatic carbocycles. The highest BCUT2D eigenvalue weighted by atomic mass is 16.5. The summed E-state index contributed by atoms with van der Waals surface area (Å²) in [6, 6.07) is 9.07. The topological polar surface area (TPSA) is 119 Å². The third-order valence-corrected chi connectivity index (χ3v) is 5.58. The molecule has 1 atom stereocenters. The van der Waals surface area contributed by atoms with Gasteiger partial charge in [-0.05, 0) is 29.7 Å². The van der Waals surface area contributed by atoms with Crippen molar-refractivity contribution in [1.82, 2.24) is 10.4 Å². The number of hydrogen-bond donors (Lipinski definition) is 3. The highest BCUT2D eigenvalue weighted by Crippen LogP contribution is 2.40. The van der Waals surface area contributed by atoms with Gasteiger partial charge in [-0.15, -0.1) is 0 Å². The molecule has 0 aromatic heterocycles. The molecule has 0 unspecified atom stereocenters. The first kappa shape index (κ1) is 19.7. The number of hydrogen-bond acceptors (Lipinski definition) is 6. The Labute approximate surface area is 172 Å². The van der Waals surface area contributed by atoms with Crippen molar-refractivity contribution >= 4 is 23.4 Å². The molecule has 2 aromatic rings. The van der Waals surface area contributed by atoms with Crippen LogP contribution in [0.4, 0.5) is 5.69 Å². The molecule has 3 N–H and O–H groups in total. The summed E-state index contributed by atoms with van der Waals surface area (Å²) in [7, 11) is 1.41. The van der Waals surface area contributed by atoms with Crippen LogP contribution in [0.2, 0.25) is 0 Å². The van der Waals surface area contributed by atoms with Crippen LogP contribution in [0.3, 0.4) is 0 Å². The highest BCUT2D eigenvalue weighted by Gasteiger charge is 2.42. The summed E-state index contributed by atoms with van der Waals surface area (Å²) < 4.78 is 5.21. The molecule has 0 spiro atoms. The fourth-order valence-corrected chi connectivity index (χ4v) is 4.09. The van der Waals surface area contributed by atoms with Gasteiger partial charge in [0.2, 0.25) is 11.8 Å². The van der Waals surface area contributed by atoms with Crippen molar-refractivity contribution < 1.29 is 29.4 Å². The van der Waals surface area contributed by atoms with Crippen molar-refractivity contribution in [3.8, 4) is 11.5 Å². The first-order chi connectivity index (χ1) is 14.4. The smallest absolute Gasteiger partial charge is 0.274 e. The van der Waals surface area contributed by atoms with Crippen LogP contribution in [0.15, 0.2) is 36.4 Å². The Morgan fingerprint density at radius 1 is 1.27 bits per heavy atom. The summed E-state index contributed by atoms with van der Waals surface area (Å²) in [4.78, 5) is 40.9. The van der Waals surface area contributed by atoms with Crippen LogP contribution in [0, 0.1) is 0 Å². The zero-order chi connectivity index (χ0) is 21.4. The SMILES string of the molecule is COc1cc2c(cc1O)CN1C(=O)CC[C@H]1C(=O)N2Cc1ccccc1C(=O)NO. The van der Waals surface area contributed by atoms with Crippen molar-refractivity contribution in [1.29, 1.82) is 0 Å². The van der Waals surface area contributed by atoms with E-state index in [4.69, 9.17) is 9.94 Å². The van der Waals surface area contributed by atoms with E-state index in [9.17, 15) is 19.5 Å². The lowest BCUT2D eigenvalue weighted by Gasteiger charge is -2.27. The number of carbonyl (C=O) groups excluding carboxylic acids is 3. The molecular weight excluding hydrogens is 390 g/mol. The van der Waals surface area contributed by atoms with E-state index in [-0.39, 0.29) is 48.4 Å². The summed E-state index contributed by atoms with van der Waals surface area (Å²) in [5.41, 5.74) is 3.47. The van der Waals surface area contributed by atoms with Crippen LogP contribution >= 0.6 is 0 Å². The monoisotopic (exact) mass is 411 g/mol. The van der Waals surface area contributed by atoms with Gasteiger partial charge >= 0.3 is 0 Å². The maximum Gasteiger partial charge on any atom is 0.274 e. The molecule has 2 heterocycles. The quantitative estimate of drug-likeness (QED) is 0.519. The van der Waals surface area contributed by atoms with Crippen molar-refractivity contribution in [3.05, 3.63) is 53.1 Å². The Hall–Kier alpha value is -3.59. The maximum atomic E-state index is 13.5. The molecule has 9 heteroatoms. The second kappa shape index (κ2) is 7.68. The Morgan fingerprint density at radius 3 is 2.77 bits per heavy atom. The van der Waals surface area contributed by atoms with E-state index in [1.807, 2.05) is 0 Å². The molecule has 9 nitrogen and oxygen atoms in total. The van der Waals surface area contributed by atoms with Gasteiger partial charge in [0.1, 0.15) is 6.04 Å². The van der Waals surface area contributed by atoms with Gasteiger partial charge in [0.05, 0.1) is 19.3 Å². The van der Waals surface area contributed by atoms with Crippen molar-refractivity contribution in [2.75, 3.05) is 12.0 Å². The lowest BCUT2D eigenvalue weighted by molar-refractivity contribution is -0.134. The van der Waals surface area contributed by atoms with Gasteiger partial charge in [-0.2, -0.15) is 0 Å². The number of hydroxylamine groups is 1. The Kier molecular flexibility index (Phi) is 5.04. The average Bonchev–Trinajstić information content (AvgIpc) is 3.07. The van der Waals surface area contributed by atoms with Crippen LogP contribution in [0.25, 0.3) is 0 Å². The number of aromatic hydroxyl groups is 1. The molecule has 0 bridgehead atoms. The second-order valence-electron chi connectivity index (χ2n) is 7.25. The van der Waals surface area contributed by atoms with E-state index < -0.39 is 11.9 Å². The molecule has 0 aliphatic carbocycles. The third kappa shape index (κ3) is 3.22. The fourth-order valence-electron chi connectivity index (χ4n) is 4.09. The molecular formula is C21H21N3O6. The van der Waals surface area contributed by atoms with E-state index in [2.05, 4.69) is 0 Å². The Balaban J connectivity index is 1.83. The number of ether oxygens (including phenoxy) is 1. The zero-order valence-corrected chi connectivity index (χ0v) is 16.3. The molecule has 0 saturated carbocycles. The first-order valence-electron chi connectivity index (χ1n) is 9.47. The van der Waals surface area contributed by atoms with Crippen LogP contribution in [0.5, 0.6) is 11.5 Å². The number of methoxy groups -OCH3 is 1. The largest absolute Gasteiger partial charge is 0.504 e. The van der Waals surface area contributed by atoms with Gasteiger partial charge in [0.25, 0.3) is 5.91 Å². The average molecular weight is 411 g/mol. The third-order valence-electron chi connectivity index (χ3n) is 5.58. The molecule has 3 amide bonds. The molecule has 2 aliphatic heterocycles. The van der Waals surface area contributed by atoms with Gasteiger partial charge in [-0.25, -0.2) is 5.48 Å². The normalized spacial score (nSPS) is 18.0. The van der Waals surface area contributed by atoms with E-state index in [0.29, 0.717) is 23.2 Å². The summed E-state index contributed by atoms with van der Waals surface area (Å²) >= 11 is 0. The summed E-state index contributed by atoms with van der Waals surface area (Å²) in [5, 5.41) is 19.3. The van der Waals surface area contributed by atoms with E-state index >= 15 is 0 Å². The summed E-state index contributed by atoms with van der Waals surface area (Å²) in [6.45, 7) is 0.235. The maximum absolute atomic E-state index is 13.5. The predicted molar refractivity (Wildman–Crippen MR) is 105 cm³/mol. The van der Waals surface area contributed by atoms with Gasteiger partial charge < -0.3 is 19.6 Å². The number of anilines is 1. The fraction of sp³-hybridized carbons (Fsp3) is 0.286. The molecule has 1 fully saturated rings. The number of phenolic OH excluding ortho intramolecular Hbond substituents is 1. The second-order valence-corrected chi connectivity index (χ2v) is 7.25. The van der Waals surface area contributed by atoms with Gasteiger partial charge in [-0.3, -0.25) is 19.6 Å². The lowest BCUT2D eigenvalue weighted by Crippen LogP contribution is -2.44. The zero-order valence-electron chi connectivity index (χ0n) is 16.3. The number of phenols is 1. The number of nitrogens with zero attached hydrogens (tertiary/aromatic N) is 2. The number of nitrogens with one attached hydrogen (secondary N) is 1. The molecule has 156 valence electrons. The van der Waals surface area contributed by atoms with E-state index in [1.165, 1.54) is 23.0 Å². The Bertz CT molecular complexity index is 1040. The Morgan fingerprint density at radius 2 is 2.03 bits per heavy atom. The van der Waals surface area contributed by atoms with Gasteiger partial charge in [0, 0.05) is 24.6 Å². The molecule has 0 radical (unpaired) electrons. The van der Waals surface area contributed by atoms with Crippen molar-refractivity contribution in [3.63, 3.8) is 0 Å². The van der Waals surface area contributed by atoms with E-state index in [1.54, 1.807) is 35.8 Å². The minimum atomic E-state index is -0.686. The number of carbonyl (C=O) groups is 3. The highest BCUT2D eigenvalue weighted by molar-refractivity contribution is 6.03. The standard InChI is InChI=1S/C21H21N3O6/c1-30-18-9-16-13(8-17(18)25)11-23-15(6-7-19(23)26)21(28)24(16)10-12-4-2-3-5-14(12)20(27)22-29/h2-5,8-9,15,25,29H,6-7,10-11H2,1H3,(H,22,27)/t15-/m0/s1. The number of benzene rings is 2. The van der Waals surface area contributed by atoms with E-state index in [0.717, 1.165) is 0 Å². The number of amides is 3. The lowest BCUT2D eigenvalue weighted by atomic mass is 10.0. The molecule has 2 aliphatic rings. The molecule has 1 saturated heterocycles. The van der Waals surface area contributed by atoms with Crippen LogP contribution in [-0.2, 0) is 22.7 Å². The minimum Gasteiger partial charge on any atom is -0.504 e. The van der Waals surface area contributed by atoms with Crippen molar-refractivity contribution in [2.24, 2.45) is 0 Å². The number of fused-ring (bicyclic) bond motifs is 2. The predicted octanol–water partition coefficient (Wildman–Crippen LogP) is 1.56. The summed E-state index contributed by atoms with van der Waals surface area (Å²) in [5.74, 6) is -0.966. The van der Waals surface area contributed by atoms with Gasteiger partial charge in [-0.1, -0.05) is 18.2 Å². The summed E-state index contributed by atoms with van der Waals surface area (Å²) in [6.07, 6.45) is 0.690. The van der Waals surface area contributed by atoms with Gasteiger partial charge in [0.15, 0.2) is 11.5 Å². The van der Waals surface area contributed by atoms with Crippen molar-refractivity contribution in [2.45, 2.75) is 32.0 Å². The molecule has 30 heavy (non-hydrogen) atoms. The minimum absolute atomic E-state index is 0.0435. The first-order valence-corrected chi connectivity index (χ1v) is 9.47.